The van der Waals surface area contributed by atoms with E-state index in [0.717, 1.165) is 22.8 Å². The van der Waals surface area contributed by atoms with Crippen LogP contribution in [0.1, 0.15) is 23.1 Å². The topological polar surface area (TPSA) is 72.8 Å². The predicted molar refractivity (Wildman–Crippen MR) is 74.7 cm³/mol. The van der Waals surface area contributed by atoms with E-state index in [1.165, 1.54) is 13.2 Å². The molecule has 1 aromatic carbocycles. The van der Waals surface area contributed by atoms with Gasteiger partial charge in [0, 0.05) is 6.08 Å². The van der Waals surface area contributed by atoms with Gasteiger partial charge in [-0.05, 0) is 48.7 Å². The van der Waals surface area contributed by atoms with Gasteiger partial charge in [-0.3, -0.25) is 4.79 Å². The Hall–Kier alpha value is -2.30. The van der Waals surface area contributed by atoms with Crippen molar-refractivity contribution in [2.45, 2.75) is 20.3 Å². The molecule has 0 fully saturated rings. The Kier molecular flexibility index (Phi) is 5.77. The van der Waals surface area contributed by atoms with Gasteiger partial charge in [0.05, 0.1) is 20.1 Å². The van der Waals surface area contributed by atoms with Gasteiger partial charge in [-0.25, -0.2) is 4.79 Å². The van der Waals surface area contributed by atoms with Gasteiger partial charge in [-0.15, -0.1) is 0 Å². The second-order valence-corrected chi connectivity index (χ2v) is 4.33. The van der Waals surface area contributed by atoms with E-state index in [0.29, 0.717) is 5.75 Å². The minimum absolute atomic E-state index is 0.191. The molecule has 5 nitrogen and oxygen atoms in total. The molecule has 0 aliphatic heterocycles. The van der Waals surface area contributed by atoms with Crippen molar-refractivity contribution in [1.29, 1.82) is 0 Å². The van der Waals surface area contributed by atoms with Gasteiger partial charge in [0.1, 0.15) is 5.75 Å². The Balaban J connectivity index is 2.79. The number of aliphatic carboxylic acids is 1. The molecule has 0 aromatic heterocycles. The smallest absolute Gasteiger partial charge is 0.328 e. The first-order valence-electron chi connectivity index (χ1n) is 6.16. The van der Waals surface area contributed by atoms with Crippen LogP contribution in [0, 0.1) is 13.8 Å². The molecule has 1 aromatic rings. The van der Waals surface area contributed by atoms with E-state index in [4.69, 9.17) is 9.84 Å². The minimum atomic E-state index is -0.987. The summed E-state index contributed by atoms with van der Waals surface area (Å²) >= 11 is 0. The molecule has 0 heterocycles. The van der Waals surface area contributed by atoms with Crippen molar-refractivity contribution in [1.82, 2.24) is 0 Å². The van der Waals surface area contributed by atoms with Gasteiger partial charge >= 0.3 is 11.9 Å². The maximum atomic E-state index is 11.0. The Labute approximate surface area is 117 Å². The number of carbonyl (C=O) groups excluding carboxylic acids is 1. The van der Waals surface area contributed by atoms with Crippen LogP contribution in [0.15, 0.2) is 18.2 Å². The third kappa shape index (κ3) is 4.76. The van der Waals surface area contributed by atoms with Crippen LogP contribution in [0.4, 0.5) is 0 Å². The van der Waals surface area contributed by atoms with E-state index in [1.807, 2.05) is 26.0 Å². The van der Waals surface area contributed by atoms with E-state index in [2.05, 4.69) is 4.74 Å². The molecule has 0 amide bonds. The standard InChI is InChI=1S/C15H18O5/c1-10-8-12(4-5-13(16)17)9-11(2)15(10)20-7-6-14(18)19-3/h4-5,8-9H,6-7H2,1-3H3,(H,16,17). The molecule has 0 aliphatic rings. The van der Waals surface area contributed by atoms with Gasteiger partial charge in [0.2, 0.25) is 0 Å². The number of benzene rings is 1. The van der Waals surface area contributed by atoms with Gasteiger partial charge in [0.25, 0.3) is 0 Å². The largest absolute Gasteiger partial charge is 0.492 e. The molecule has 1 rings (SSSR count). The third-order valence-corrected chi connectivity index (χ3v) is 2.68. The minimum Gasteiger partial charge on any atom is -0.492 e. The first-order chi connectivity index (χ1) is 9.43. The normalized spacial score (nSPS) is 10.6. The lowest BCUT2D eigenvalue weighted by Gasteiger charge is -2.12. The van der Waals surface area contributed by atoms with Gasteiger partial charge < -0.3 is 14.6 Å². The SMILES string of the molecule is COC(=O)CCOc1c(C)cc(C=CC(=O)O)cc1C. The first-order valence-corrected chi connectivity index (χ1v) is 6.16. The quantitative estimate of drug-likeness (QED) is 0.638. The molecule has 20 heavy (non-hydrogen) atoms. The zero-order chi connectivity index (χ0) is 15.1. The highest BCUT2D eigenvalue weighted by atomic mass is 16.5. The van der Waals surface area contributed by atoms with Crippen LogP contribution >= 0.6 is 0 Å². The van der Waals surface area contributed by atoms with Crippen molar-refractivity contribution in [3.63, 3.8) is 0 Å². The maximum absolute atomic E-state index is 11.0. The molecule has 0 saturated heterocycles. The first kappa shape index (κ1) is 15.8. The lowest BCUT2D eigenvalue weighted by atomic mass is 10.1. The van der Waals surface area contributed by atoms with Crippen LogP contribution in [-0.4, -0.2) is 30.8 Å². The fourth-order valence-electron chi connectivity index (χ4n) is 1.81. The third-order valence-electron chi connectivity index (χ3n) is 2.68. The van der Waals surface area contributed by atoms with Crippen molar-refractivity contribution in [2.24, 2.45) is 0 Å². The molecular formula is C15H18O5. The Morgan fingerprint density at radius 1 is 1.25 bits per heavy atom. The summed E-state index contributed by atoms with van der Waals surface area (Å²) < 4.78 is 10.1. The number of rotatable bonds is 6. The molecule has 0 bridgehead atoms. The molecule has 0 unspecified atom stereocenters. The highest BCUT2D eigenvalue weighted by molar-refractivity contribution is 5.85. The summed E-state index contributed by atoms with van der Waals surface area (Å²) in [6, 6.07) is 3.67. The van der Waals surface area contributed by atoms with Crippen LogP contribution in [0.25, 0.3) is 6.08 Å². The average Bonchev–Trinajstić information content (AvgIpc) is 2.39. The van der Waals surface area contributed by atoms with Crippen LogP contribution in [0.2, 0.25) is 0 Å². The van der Waals surface area contributed by atoms with Crippen molar-refractivity contribution < 1.29 is 24.2 Å². The van der Waals surface area contributed by atoms with Crippen LogP contribution in [-0.2, 0) is 14.3 Å². The second kappa shape index (κ2) is 7.33. The Morgan fingerprint density at radius 2 is 1.85 bits per heavy atom. The summed E-state index contributed by atoms with van der Waals surface area (Å²) in [6.45, 7) is 4.00. The van der Waals surface area contributed by atoms with Crippen molar-refractivity contribution >= 4 is 18.0 Å². The van der Waals surface area contributed by atoms with Crippen molar-refractivity contribution in [3.8, 4) is 5.75 Å². The molecule has 1 N–H and O–H groups in total. The molecule has 5 heteroatoms. The number of ether oxygens (including phenoxy) is 2. The summed E-state index contributed by atoms with van der Waals surface area (Å²) in [4.78, 5) is 21.5. The number of carbonyl (C=O) groups is 2. The number of aryl methyl sites for hydroxylation is 2. The summed E-state index contributed by atoms with van der Waals surface area (Å²) in [5.41, 5.74) is 2.57. The van der Waals surface area contributed by atoms with E-state index in [9.17, 15) is 9.59 Å². The van der Waals surface area contributed by atoms with E-state index < -0.39 is 5.97 Å². The zero-order valence-electron chi connectivity index (χ0n) is 11.8. The maximum Gasteiger partial charge on any atom is 0.328 e. The van der Waals surface area contributed by atoms with Gasteiger partial charge in [-0.1, -0.05) is 0 Å². The summed E-state index contributed by atoms with van der Waals surface area (Å²) in [6.07, 6.45) is 2.81. The van der Waals surface area contributed by atoms with E-state index in [-0.39, 0.29) is 19.0 Å². The molecule has 108 valence electrons. The summed E-state index contributed by atoms with van der Waals surface area (Å²) in [5.74, 6) is -0.596. The van der Waals surface area contributed by atoms with Gasteiger partial charge in [0.15, 0.2) is 0 Å². The monoisotopic (exact) mass is 278 g/mol. The molecular weight excluding hydrogens is 260 g/mol. The van der Waals surface area contributed by atoms with Crippen molar-refractivity contribution in [2.75, 3.05) is 13.7 Å². The number of carboxylic acid groups (broad SMARTS) is 1. The Bertz CT molecular complexity index is 508. The summed E-state index contributed by atoms with van der Waals surface area (Å²) in [7, 11) is 1.34. The van der Waals surface area contributed by atoms with E-state index in [1.54, 1.807) is 0 Å². The van der Waals surface area contributed by atoms with Crippen LogP contribution < -0.4 is 4.74 Å². The van der Waals surface area contributed by atoms with E-state index >= 15 is 0 Å². The number of carboxylic acids is 1. The summed E-state index contributed by atoms with van der Waals surface area (Å²) in [5, 5.41) is 8.60. The Morgan fingerprint density at radius 3 is 2.35 bits per heavy atom. The lowest BCUT2D eigenvalue weighted by Crippen LogP contribution is -2.08. The fourth-order valence-corrected chi connectivity index (χ4v) is 1.81. The average molecular weight is 278 g/mol. The highest BCUT2D eigenvalue weighted by Crippen LogP contribution is 2.25. The molecule has 0 aliphatic carbocycles. The second-order valence-electron chi connectivity index (χ2n) is 4.33. The number of hydrogen-bond acceptors (Lipinski definition) is 4. The fraction of sp³-hybridized carbons (Fsp3) is 0.333. The van der Waals surface area contributed by atoms with Gasteiger partial charge in [-0.2, -0.15) is 0 Å². The van der Waals surface area contributed by atoms with Crippen LogP contribution in [0.3, 0.4) is 0 Å². The highest BCUT2D eigenvalue weighted by Gasteiger charge is 2.07. The zero-order valence-corrected chi connectivity index (χ0v) is 11.8. The molecule has 0 spiro atoms. The number of hydrogen-bond donors (Lipinski definition) is 1. The molecule has 0 radical (unpaired) electrons. The predicted octanol–water partition coefficient (Wildman–Crippen LogP) is 2.34. The lowest BCUT2D eigenvalue weighted by molar-refractivity contribution is -0.141. The number of esters is 1. The molecule has 0 saturated carbocycles. The molecule has 0 atom stereocenters. The van der Waals surface area contributed by atoms with Crippen LogP contribution in [0.5, 0.6) is 5.75 Å². The van der Waals surface area contributed by atoms with Crippen molar-refractivity contribution in [3.05, 3.63) is 34.9 Å². The number of methoxy groups -OCH3 is 1.